The van der Waals surface area contributed by atoms with E-state index in [1.165, 1.54) is 14.2 Å². The average Bonchev–Trinajstić information content (AvgIpc) is 3.53. The van der Waals surface area contributed by atoms with Gasteiger partial charge in [-0.1, -0.05) is 0 Å². The normalized spacial score (nSPS) is 14.8. The maximum absolute atomic E-state index is 12.9. The zero-order chi connectivity index (χ0) is 36.2. The van der Waals surface area contributed by atoms with Crippen molar-refractivity contribution in [2.45, 2.75) is 69.2 Å². The second-order valence-electron chi connectivity index (χ2n) is 13.5. The van der Waals surface area contributed by atoms with Crippen molar-refractivity contribution in [2.24, 2.45) is 0 Å². The van der Waals surface area contributed by atoms with E-state index in [2.05, 4.69) is 11.2 Å². The summed E-state index contributed by atoms with van der Waals surface area (Å²) < 4.78 is 15.0. The molecule has 0 amide bonds. The van der Waals surface area contributed by atoms with Crippen molar-refractivity contribution in [3.63, 3.8) is 0 Å². The Kier molecular flexibility index (Phi) is 11.0. The third-order valence-electron chi connectivity index (χ3n) is 9.95. The first kappa shape index (κ1) is 37.3. The molecule has 0 aliphatic heterocycles. The second-order valence-corrected chi connectivity index (χ2v) is 16.9. The van der Waals surface area contributed by atoms with E-state index in [-0.39, 0.29) is 18.6 Å². The maximum atomic E-state index is 12.9. The molecule has 0 aliphatic carbocycles. The number of methoxy groups -OCH3 is 2. The van der Waals surface area contributed by atoms with Gasteiger partial charge in [0.15, 0.2) is 0 Å². The summed E-state index contributed by atoms with van der Waals surface area (Å²) in [5.41, 5.74) is -0.102. The first-order chi connectivity index (χ1) is 23.8. The van der Waals surface area contributed by atoms with Crippen LogP contribution in [0.5, 0.6) is 0 Å². The number of benzene rings is 4. The Morgan fingerprint density at radius 1 is 0.740 bits per heavy atom. The van der Waals surface area contributed by atoms with E-state index in [0.29, 0.717) is 0 Å². The molecule has 264 valence electrons. The molecule has 0 aliphatic rings. The first-order valence-electron chi connectivity index (χ1n) is 16.9. The van der Waals surface area contributed by atoms with E-state index >= 15 is 0 Å². The topological polar surface area (TPSA) is 124 Å². The van der Waals surface area contributed by atoms with Gasteiger partial charge in [-0.15, -0.1) is 0 Å². The van der Waals surface area contributed by atoms with Crippen LogP contribution >= 0.6 is 7.28 Å². The van der Waals surface area contributed by atoms with Crippen molar-refractivity contribution in [1.82, 2.24) is 14.7 Å². The third-order valence-corrected chi connectivity index (χ3v) is 12.8. The molecule has 10 heteroatoms. The predicted octanol–water partition coefficient (Wildman–Crippen LogP) is 6.71. The van der Waals surface area contributed by atoms with Gasteiger partial charge in [0, 0.05) is 0 Å². The minimum atomic E-state index is -6.10. The molecule has 4 aromatic carbocycles. The van der Waals surface area contributed by atoms with Gasteiger partial charge in [-0.05, 0) is 0 Å². The monoisotopic (exact) mass is 696 g/mol. The summed E-state index contributed by atoms with van der Waals surface area (Å²) in [6.07, 6.45) is 1.05. The van der Waals surface area contributed by atoms with Gasteiger partial charge in [0.05, 0.1) is 0 Å². The van der Waals surface area contributed by atoms with Crippen LogP contribution in [0.15, 0.2) is 121 Å². The number of nitrogens with zero attached hydrogens (tertiary/aromatic N) is 4. The number of nitriles is 1. The molecule has 0 bridgehead atoms. The summed E-state index contributed by atoms with van der Waals surface area (Å²) in [7, 11) is -3.17. The van der Waals surface area contributed by atoms with Gasteiger partial charge in [-0.3, -0.25) is 0 Å². The first-order valence-corrected chi connectivity index (χ1v) is 19.3. The number of hydrogen-bond donors (Lipinski definition) is 3. The Hall–Kier alpha value is -3.97. The Morgan fingerprint density at radius 3 is 1.60 bits per heavy atom. The predicted molar refractivity (Wildman–Crippen MR) is 199 cm³/mol. The van der Waals surface area contributed by atoms with Gasteiger partial charge in [0.1, 0.15) is 0 Å². The fraction of sp³-hybridized carbons (Fsp3) is 0.350. The SMILES string of the molecule is COC(OC)(C(Cn1ncc2ccccc21)P(O)(O)(O)CC(C#N)N(C(C)C)C(C)C)C(c1ccccc1)(c1ccccc1)c1ccccc1. The molecule has 2 atom stereocenters. The standard InChI is InChI=1S/C40H49N4O5P/c1-30(2)44(31(3)4)36(26-41)29-50(45,46,47)38(28-43-37-25-17-16-18-32(37)27-42-43)40(48-5,49-6)39(33-19-10-7-11-20-33,34-21-12-8-13-22-34)35-23-14-9-15-24-35/h7-25,27,30-31,36,38,45-47H,28-29H2,1-6H3. The number of aromatic nitrogens is 2. The molecule has 5 rings (SSSR count). The van der Waals surface area contributed by atoms with E-state index in [1.54, 1.807) is 10.9 Å². The summed E-state index contributed by atoms with van der Waals surface area (Å²) in [5, 5.41) is 16.1. The minimum absolute atomic E-state index is 0.133. The van der Waals surface area contributed by atoms with E-state index in [0.717, 1.165) is 27.6 Å². The second kappa shape index (κ2) is 14.7. The number of ether oxygens (including phenoxy) is 2. The van der Waals surface area contributed by atoms with Crippen molar-refractivity contribution in [1.29, 1.82) is 5.26 Å². The molecule has 0 spiro atoms. The molecule has 0 saturated heterocycles. The van der Waals surface area contributed by atoms with E-state index < -0.39 is 36.3 Å². The van der Waals surface area contributed by atoms with Crippen LogP contribution in [0.1, 0.15) is 44.4 Å². The molecule has 0 radical (unpaired) electrons. The van der Waals surface area contributed by atoms with Gasteiger partial charge in [-0.2, -0.15) is 0 Å². The molecule has 0 saturated carbocycles. The molecule has 1 aromatic heterocycles. The molecule has 2 unspecified atom stereocenters. The summed E-state index contributed by atoms with van der Waals surface area (Å²) in [5.74, 6) is -2.03. The van der Waals surface area contributed by atoms with Crippen LogP contribution in [0.4, 0.5) is 0 Å². The number of hydrogen-bond acceptors (Lipinski definition) is 8. The summed E-state index contributed by atoms with van der Waals surface area (Å²) >= 11 is 0. The van der Waals surface area contributed by atoms with Crippen molar-refractivity contribution in [2.75, 3.05) is 20.4 Å². The molecule has 3 N–H and O–H groups in total. The number of para-hydroxylation sites is 1. The fourth-order valence-electron chi connectivity index (χ4n) is 8.03. The zero-order valence-corrected chi connectivity index (χ0v) is 30.6. The van der Waals surface area contributed by atoms with E-state index in [4.69, 9.17) is 9.47 Å². The molecule has 0 fully saturated rings. The van der Waals surface area contributed by atoms with Crippen molar-refractivity contribution in [3.05, 3.63) is 138 Å². The number of fused-ring (bicyclic) bond motifs is 1. The average molecular weight is 697 g/mol. The van der Waals surface area contributed by atoms with Crippen LogP contribution in [0.2, 0.25) is 0 Å². The Bertz CT molecular complexity index is 1780. The fourth-order valence-corrected chi connectivity index (χ4v) is 10.8. The van der Waals surface area contributed by atoms with Crippen LogP contribution in [-0.4, -0.2) is 79.3 Å². The molecule has 5 aromatic rings. The van der Waals surface area contributed by atoms with E-state index in [1.807, 2.05) is 148 Å². The van der Waals surface area contributed by atoms with Crippen LogP contribution in [-0.2, 0) is 21.4 Å². The Labute approximate surface area is 295 Å². The molecule has 1 heterocycles. The number of rotatable bonds is 15. The van der Waals surface area contributed by atoms with Gasteiger partial charge < -0.3 is 0 Å². The van der Waals surface area contributed by atoms with Crippen molar-refractivity contribution < 1.29 is 24.2 Å². The quantitative estimate of drug-likeness (QED) is 0.0627. The third kappa shape index (κ3) is 6.61. The molecular formula is C40H49N4O5P. The molecule has 50 heavy (non-hydrogen) atoms. The zero-order valence-electron chi connectivity index (χ0n) is 29.7. The molecular weight excluding hydrogens is 647 g/mol. The van der Waals surface area contributed by atoms with Crippen LogP contribution in [0.3, 0.4) is 0 Å². The van der Waals surface area contributed by atoms with Crippen molar-refractivity contribution in [3.8, 4) is 6.07 Å². The summed E-state index contributed by atoms with van der Waals surface area (Å²) in [6, 6.07) is 37.4. The van der Waals surface area contributed by atoms with Crippen molar-refractivity contribution >= 4 is 18.2 Å². The summed E-state index contributed by atoms with van der Waals surface area (Å²) in [4.78, 5) is 40.5. The summed E-state index contributed by atoms with van der Waals surface area (Å²) in [6.45, 7) is 7.54. The Morgan fingerprint density at radius 2 is 1.18 bits per heavy atom. The van der Waals surface area contributed by atoms with Gasteiger partial charge >= 0.3 is 296 Å². The van der Waals surface area contributed by atoms with Crippen LogP contribution in [0.25, 0.3) is 10.9 Å². The van der Waals surface area contributed by atoms with Gasteiger partial charge in [-0.25, -0.2) is 0 Å². The van der Waals surface area contributed by atoms with E-state index in [9.17, 15) is 19.9 Å². The molecule has 9 nitrogen and oxygen atoms in total. The van der Waals surface area contributed by atoms with Gasteiger partial charge in [0.2, 0.25) is 0 Å². The Balaban J connectivity index is 1.91. The van der Waals surface area contributed by atoms with Gasteiger partial charge in [0.25, 0.3) is 0 Å². The van der Waals surface area contributed by atoms with Crippen LogP contribution < -0.4 is 0 Å². The van der Waals surface area contributed by atoms with Crippen LogP contribution in [0, 0.1) is 11.3 Å².